The van der Waals surface area contributed by atoms with Crippen LogP contribution in [0.4, 0.5) is 5.95 Å². The van der Waals surface area contributed by atoms with Gasteiger partial charge in [-0.25, -0.2) is 13.7 Å². The van der Waals surface area contributed by atoms with Crippen LogP contribution in [0.3, 0.4) is 0 Å². The van der Waals surface area contributed by atoms with E-state index in [0.29, 0.717) is 0 Å². The van der Waals surface area contributed by atoms with Gasteiger partial charge in [-0.3, -0.25) is 19.4 Å². The zero-order valence-electron chi connectivity index (χ0n) is 15.8. The molecule has 1 saturated heterocycles. The number of hydrogen-bond donors (Lipinski definition) is 8. The number of ether oxygens (including phenoxy) is 1. The summed E-state index contributed by atoms with van der Waals surface area (Å²) in [6.07, 6.45) is -2.60. The van der Waals surface area contributed by atoms with Crippen LogP contribution in [-0.2, 0) is 42.0 Å². The highest BCUT2D eigenvalue weighted by molar-refractivity contribution is 7.66. The van der Waals surface area contributed by atoms with Gasteiger partial charge in [0.1, 0.15) is 17.8 Å². The molecule has 0 radical (unpaired) electrons. The molecule has 2 rings (SSSR count). The third-order valence-electron chi connectivity index (χ3n) is 3.73. The Bertz CT molecular complexity index is 1070. The first-order valence-corrected chi connectivity index (χ1v) is 12.6. The van der Waals surface area contributed by atoms with Gasteiger partial charge >= 0.3 is 23.5 Å². The molecule has 32 heavy (non-hydrogen) atoms. The molecule has 21 heteroatoms. The third-order valence-corrected chi connectivity index (χ3v) is 7.54. The van der Waals surface area contributed by atoms with Gasteiger partial charge in [0, 0.05) is 13.1 Å². The fourth-order valence-electron chi connectivity index (χ4n) is 2.50. The van der Waals surface area contributed by atoms with Crippen LogP contribution < -0.4 is 10.9 Å². The molecule has 1 fully saturated rings. The first kappa shape index (κ1) is 26.9. The van der Waals surface area contributed by atoms with Crippen LogP contribution in [0.1, 0.15) is 12.5 Å². The number of carbonyl (C=O) groups excluding carboxylic acids is 1. The predicted octanol–water partition coefficient (Wildman–Crippen LogP) is -1.98. The predicted molar refractivity (Wildman–Crippen MR) is 98.6 cm³/mol. The maximum absolute atomic E-state index is 12.2. The number of rotatable bonds is 9. The van der Waals surface area contributed by atoms with Gasteiger partial charge in [0.05, 0.1) is 18.8 Å². The Morgan fingerprint density at radius 1 is 1.28 bits per heavy atom. The van der Waals surface area contributed by atoms with Crippen molar-refractivity contribution in [1.29, 1.82) is 0 Å². The van der Waals surface area contributed by atoms with Crippen molar-refractivity contribution in [2.24, 2.45) is 0 Å². The second-order valence-electron chi connectivity index (χ2n) is 6.25. The normalized spacial score (nSPS) is 27.5. The number of hydrogen-bond acceptors (Lipinski definition) is 12. The summed E-state index contributed by atoms with van der Waals surface area (Å²) in [7, 11) is -16.8. The van der Waals surface area contributed by atoms with E-state index in [4.69, 9.17) is 19.4 Å². The van der Waals surface area contributed by atoms with E-state index in [2.05, 4.69) is 28.4 Å². The van der Waals surface area contributed by atoms with Gasteiger partial charge in [-0.1, -0.05) is 0 Å². The lowest BCUT2D eigenvalue weighted by Crippen LogP contribution is -2.45. The smallest absolute Gasteiger partial charge is 0.387 e. The van der Waals surface area contributed by atoms with Gasteiger partial charge < -0.3 is 39.5 Å². The van der Waals surface area contributed by atoms with Crippen molar-refractivity contribution in [3.05, 3.63) is 22.1 Å². The van der Waals surface area contributed by atoms with Crippen molar-refractivity contribution in [3.8, 4) is 0 Å². The molecule has 1 aliphatic heterocycles. The van der Waals surface area contributed by atoms with Crippen LogP contribution in [0.25, 0.3) is 0 Å². The summed E-state index contributed by atoms with van der Waals surface area (Å²) in [5.74, 6) is -0.789. The van der Waals surface area contributed by atoms with Crippen molar-refractivity contribution in [1.82, 2.24) is 9.97 Å². The van der Waals surface area contributed by atoms with E-state index in [1.807, 2.05) is 0 Å². The molecule has 1 aromatic heterocycles. The first-order chi connectivity index (χ1) is 14.4. The number of aliphatic hydroxyl groups is 2. The Hall–Kier alpha value is -1.36. The highest BCUT2D eigenvalue weighted by Crippen LogP contribution is 2.66. The van der Waals surface area contributed by atoms with Crippen molar-refractivity contribution in [2.75, 3.05) is 18.5 Å². The van der Waals surface area contributed by atoms with Crippen LogP contribution in [0.15, 0.2) is 11.0 Å². The average Bonchev–Trinajstić information content (AvgIpc) is 2.85. The maximum Gasteiger partial charge on any atom is 0.490 e. The van der Waals surface area contributed by atoms with Crippen LogP contribution in [0.5, 0.6) is 0 Å². The molecule has 0 aromatic carbocycles. The summed E-state index contributed by atoms with van der Waals surface area (Å²) in [6.45, 7) is -0.622. The Balaban J connectivity index is 2.08. The van der Waals surface area contributed by atoms with E-state index in [0.717, 1.165) is 13.1 Å². The van der Waals surface area contributed by atoms with E-state index in [-0.39, 0.29) is 5.95 Å². The molecular weight excluding hydrogens is 507 g/mol. The molecule has 1 amide bonds. The SMILES string of the molecule is CC(=O)Nc1nc(=O)c(C2(O)COC(COP(=O)(O)OP(=O)(O)OP(=O)(O)O)C2O)c[nH]1. The zero-order valence-corrected chi connectivity index (χ0v) is 18.5. The molecule has 1 aromatic rings. The standard InChI is InChI=1S/C11H18N3O15P3/c1-5(15)13-10-12-2-6(9(17)14-10)11(18)4-26-7(8(11)16)3-27-31(22,23)29-32(24,25)28-30(19,20)21/h2,7-8,16,18H,3-4H2,1H3,(H,22,23)(H,24,25)(H2,19,20,21)(H2,12,13,14,15,17). The van der Waals surface area contributed by atoms with E-state index in [1.54, 1.807) is 0 Å². The molecule has 5 unspecified atom stereocenters. The molecule has 1 aliphatic rings. The number of carbonyl (C=O) groups is 1. The average molecular weight is 525 g/mol. The fraction of sp³-hybridized carbons (Fsp3) is 0.545. The van der Waals surface area contributed by atoms with Gasteiger partial charge in [0.2, 0.25) is 11.9 Å². The van der Waals surface area contributed by atoms with Crippen LogP contribution in [0.2, 0.25) is 0 Å². The minimum absolute atomic E-state index is 0.243. The number of H-pyrrole nitrogens is 1. The van der Waals surface area contributed by atoms with Gasteiger partial charge in [0.15, 0.2) is 0 Å². The molecule has 0 bridgehead atoms. The third kappa shape index (κ3) is 7.07. The summed E-state index contributed by atoms with van der Waals surface area (Å²) in [5, 5.41) is 23.2. The topological polar surface area (TPSA) is 284 Å². The van der Waals surface area contributed by atoms with Crippen LogP contribution >= 0.6 is 23.5 Å². The maximum atomic E-state index is 12.2. The van der Waals surface area contributed by atoms with Crippen LogP contribution in [0, 0.1) is 0 Å². The Kier molecular flexibility index (Phi) is 7.97. The highest BCUT2D eigenvalue weighted by Gasteiger charge is 2.52. The Morgan fingerprint density at radius 2 is 1.91 bits per heavy atom. The number of anilines is 1. The quantitative estimate of drug-likeness (QED) is 0.162. The number of phosphoric acid groups is 3. The molecule has 182 valence electrons. The summed E-state index contributed by atoms with van der Waals surface area (Å²) < 4.78 is 50.0. The minimum Gasteiger partial charge on any atom is -0.387 e. The molecule has 0 spiro atoms. The molecule has 5 atom stereocenters. The fourth-order valence-corrected chi connectivity index (χ4v) is 5.53. The van der Waals surface area contributed by atoms with E-state index in [1.165, 1.54) is 0 Å². The lowest BCUT2D eigenvalue weighted by atomic mass is 9.90. The van der Waals surface area contributed by atoms with Gasteiger partial charge in [0.25, 0.3) is 5.56 Å². The Morgan fingerprint density at radius 3 is 2.44 bits per heavy atom. The number of phosphoric ester groups is 1. The summed E-state index contributed by atoms with van der Waals surface area (Å²) in [5.41, 5.74) is -3.91. The van der Waals surface area contributed by atoms with E-state index < -0.39 is 71.5 Å². The minimum atomic E-state index is -5.74. The first-order valence-electron chi connectivity index (χ1n) is 8.12. The second kappa shape index (κ2) is 9.48. The molecule has 0 saturated carbocycles. The molecule has 0 aliphatic carbocycles. The number of aromatic nitrogens is 2. The Labute approximate surface area is 177 Å². The number of aromatic amines is 1. The lowest BCUT2D eigenvalue weighted by molar-refractivity contribution is -0.114. The second-order valence-corrected chi connectivity index (χ2v) is 10.7. The van der Waals surface area contributed by atoms with Gasteiger partial charge in [-0.15, -0.1) is 0 Å². The lowest BCUT2D eigenvalue weighted by Gasteiger charge is -2.26. The zero-order chi connectivity index (χ0) is 24.5. The van der Waals surface area contributed by atoms with Crippen molar-refractivity contribution in [2.45, 2.75) is 24.7 Å². The van der Waals surface area contributed by atoms with E-state index >= 15 is 0 Å². The van der Waals surface area contributed by atoms with Crippen molar-refractivity contribution >= 4 is 35.3 Å². The van der Waals surface area contributed by atoms with Gasteiger partial charge in [-0.05, 0) is 0 Å². The highest BCUT2D eigenvalue weighted by atomic mass is 31.3. The monoisotopic (exact) mass is 525 g/mol. The van der Waals surface area contributed by atoms with E-state index in [9.17, 15) is 38.4 Å². The molecule has 18 nitrogen and oxygen atoms in total. The number of aliphatic hydroxyl groups excluding tert-OH is 1. The summed E-state index contributed by atoms with van der Waals surface area (Å²) in [6, 6.07) is 0. The number of nitrogens with zero attached hydrogens (tertiary/aromatic N) is 1. The largest absolute Gasteiger partial charge is 0.490 e. The number of nitrogens with one attached hydrogen (secondary N) is 2. The van der Waals surface area contributed by atoms with Crippen LogP contribution in [-0.4, -0.2) is 71.1 Å². The number of amides is 1. The van der Waals surface area contributed by atoms with Crippen molar-refractivity contribution in [3.63, 3.8) is 0 Å². The molecule has 8 N–H and O–H groups in total. The summed E-state index contributed by atoms with van der Waals surface area (Å²) >= 11 is 0. The van der Waals surface area contributed by atoms with Gasteiger partial charge in [-0.2, -0.15) is 13.6 Å². The molecular formula is C11H18N3O15P3. The van der Waals surface area contributed by atoms with Crippen molar-refractivity contribution < 1.29 is 66.2 Å². The summed E-state index contributed by atoms with van der Waals surface area (Å²) in [4.78, 5) is 64.5. The molecule has 2 heterocycles.